The Labute approximate surface area is 161 Å². The molecule has 1 amide bonds. The zero-order valence-corrected chi connectivity index (χ0v) is 15.8. The number of hydrogen-bond donors (Lipinski definition) is 1. The van der Waals surface area contributed by atoms with Gasteiger partial charge in [-0.3, -0.25) is 4.79 Å². The number of hydrogen-bond acceptors (Lipinski definition) is 6. The molecule has 0 radical (unpaired) electrons. The number of aromatic amines is 1. The molecular weight excluding hydrogens is 414 g/mol. The highest BCUT2D eigenvalue weighted by molar-refractivity contribution is 9.10. The molecule has 27 heavy (non-hydrogen) atoms. The van der Waals surface area contributed by atoms with E-state index in [1.165, 1.54) is 0 Å². The Balaban J connectivity index is 1.47. The van der Waals surface area contributed by atoms with Crippen LogP contribution in [0.1, 0.15) is 29.1 Å². The summed E-state index contributed by atoms with van der Waals surface area (Å²) in [6.45, 7) is 3.24. The van der Waals surface area contributed by atoms with Gasteiger partial charge in [0.25, 0.3) is 5.91 Å². The maximum atomic E-state index is 13.1. The third-order valence-corrected chi connectivity index (χ3v) is 5.23. The zero-order chi connectivity index (χ0) is 18.5. The van der Waals surface area contributed by atoms with Gasteiger partial charge < -0.3 is 9.47 Å². The van der Waals surface area contributed by atoms with Crippen molar-refractivity contribution < 1.29 is 4.79 Å². The molecule has 0 saturated carbocycles. The summed E-state index contributed by atoms with van der Waals surface area (Å²) in [4.78, 5) is 19.2. The molecule has 0 spiro atoms. The van der Waals surface area contributed by atoms with E-state index in [9.17, 15) is 4.79 Å². The molecule has 1 N–H and O–H groups in total. The van der Waals surface area contributed by atoms with Gasteiger partial charge in [0.2, 0.25) is 0 Å². The topological polar surface area (TPSA) is 110 Å². The van der Waals surface area contributed by atoms with E-state index in [1.54, 1.807) is 23.0 Å². The quantitative estimate of drug-likeness (QED) is 0.521. The Morgan fingerprint density at radius 1 is 1.33 bits per heavy atom. The standard InChI is InChI=1S/C16H14BrN9O/c1-9-12-2-3-13(15-19-22-23-20-15)25(12)5-4-24(9)16(27)11-6-14-18-7-10(17)8-26(14)21-11/h2-3,6-9H,4-5H2,1H3,(H,19,20,22,23). The van der Waals surface area contributed by atoms with E-state index in [4.69, 9.17) is 0 Å². The number of halogens is 1. The van der Waals surface area contributed by atoms with Gasteiger partial charge >= 0.3 is 0 Å². The lowest BCUT2D eigenvalue weighted by Crippen LogP contribution is -2.41. The van der Waals surface area contributed by atoms with Crippen molar-refractivity contribution in [2.75, 3.05) is 6.54 Å². The van der Waals surface area contributed by atoms with Crippen LogP contribution in [0.5, 0.6) is 0 Å². The molecule has 0 bridgehead atoms. The van der Waals surface area contributed by atoms with Gasteiger partial charge in [0.15, 0.2) is 17.2 Å². The second-order valence-corrected chi connectivity index (χ2v) is 7.24. The summed E-state index contributed by atoms with van der Waals surface area (Å²) in [5, 5.41) is 18.4. The first-order chi connectivity index (χ1) is 13.1. The zero-order valence-electron chi connectivity index (χ0n) is 14.2. The predicted molar refractivity (Wildman–Crippen MR) is 97.7 cm³/mol. The molecule has 0 aliphatic carbocycles. The molecule has 0 fully saturated rings. The number of fused-ring (bicyclic) bond motifs is 2. The van der Waals surface area contributed by atoms with E-state index in [1.807, 2.05) is 24.0 Å². The molecule has 0 saturated heterocycles. The maximum Gasteiger partial charge on any atom is 0.275 e. The normalized spacial score (nSPS) is 16.7. The minimum Gasteiger partial charge on any atom is -0.338 e. The highest BCUT2D eigenvalue weighted by Crippen LogP contribution is 2.31. The smallest absolute Gasteiger partial charge is 0.275 e. The van der Waals surface area contributed by atoms with Crippen LogP contribution in [0.25, 0.3) is 17.2 Å². The van der Waals surface area contributed by atoms with Gasteiger partial charge in [0.05, 0.1) is 16.2 Å². The van der Waals surface area contributed by atoms with Crippen molar-refractivity contribution in [3.05, 3.63) is 46.5 Å². The van der Waals surface area contributed by atoms with E-state index in [0.717, 1.165) is 15.9 Å². The van der Waals surface area contributed by atoms with Gasteiger partial charge in [-0.05, 0) is 45.4 Å². The summed E-state index contributed by atoms with van der Waals surface area (Å²) < 4.78 is 4.54. The van der Waals surface area contributed by atoms with Crippen LogP contribution in [-0.2, 0) is 6.54 Å². The van der Waals surface area contributed by atoms with Crippen molar-refractivity contribution in [1.82, 2.24) is 44.7 Å². The number of carbonyl (C=O) groups excluding carboxylic acids is 1. The van der Waals surface area contributed by atoms with E-state index in [-0.39, 0.29) is 11.9 Å². The summed E-state index contributed by atoms with van der Waals surface area (Å²) in [5.41, 5.74) is 2.96. The number of aromatic nitrogens is 8. The number of rotatable bonds is 2. The van der Waals surface area contributed by atoms with Crippen molar-refractivity contribution in [2.45, 2.75) is 19.5 Å². The first kappa shape index (κ1) is 16.1. The SMILES string of the molecule is CC1c2ccc(-c3nnn[nH]3)n2CCN1C(=O)c1cc2ncc(Br)cn2n1. The number of H-pyrrole nitrogens is 1. The van der Waals surface area contributed by atoms with Crippen LogP contribution >= 0.6 is 15.9 Å². The highest BCUT2D eigenvalue weighted by Gasteiger charge is 2.31. The fourth-order valence-corrected chi connectivity index (χ4v) is 3.81. The number of nitrogens with zero attached hydrogens (tertiary/aromatic N) is 8. The predicted octanol–water partition coefficient (Wildman–Crippen LogP) is 1.69. The van der Waals surface area contributed by atoms with Crippen molar-refractivity contribution >= 4 is 27.5 Å². The van der Waals surface area contributed by atoms with Crippen LogP contribution in [-0.4, -0.2) is 57.1 Å². The Morgan fingerprint density at radius 3 is 3.04 bits per heavy atom. The minimum absolute atomic E-state index is 0.0969. The number of carbonyl (C=O) groups is 1. The Kier molecular flexibility index (Phi) is 3.57. The maximum absolute atomic E-state index is 13.1. The molecule has 0 aromatic carbocycles. The van der Waals surface area contributed by atoms with E-state index in [0.29, 0.717) is 30.3 Å². The third kappa shape index (κ3) is 2.53. The fourth-order valence-electron chi connectivity index (χ4n) is 3.52. The number of nitrogens with one attached hydrogen (secondary N) is 1. The minimum atomic E-state index is -0.112. The van der Waals surface area contributed by atoms with Crippen molar-refractivity contribution in [2.24, 2.45) is 0 Å². The summed E-state index contributed by atoms with van der Waals surface area (Å²) >= 11 is 3.36. The molecule has 1 aliphatic heterocycles. The summed E-state index contributed by atoms with van der Waals surface area (Å²) in [6, 6.07) is 5.58. The second kappa shape index (κ2) is 5.98. The summed E-state index contributed by atoms with van der Waals surface area (Å²) in [5.74, 6) is 0.504. The van der Waals surface area contributed by atoms with Crippen molar-refractivity contribution in [3.63, 3.8) is 0 Å². The molecule has 1 atom stereocenters. The van der Waals surface area contributed by atoms with Gasteiger partial charge in [-0.15, -0.1) is 5.10 Å². The second-order valence-electron chi connectivity index (χ2n) is 6.32. The Hall–Kier alpha value is -3.08. The van der Waals surface area contributed by atoms with Gasteiger partial charge in [-0.2, -0.15) is 5.10 Å². The Morgan fingerprint density at radius 2 is 2.22 bits per heavy atom. The van der Waals surface area contributed by atoms with E-state index in [2.05, 4.69) is 51.2 Å². The lowest BCUT2D eigenvalue weighted by atomic mass is 10.1. The molecule has 10 nitrogen and oxygen atoms in total. The molecule has 136 valence electrons. The van der Waals surface area contributed by atoms with Crippen LogP contribution in [0.4, 0.5) is 0 Å². The number of amides is 1. The molecule has 4 aromatic rings. The molecule has 1 aliphatic rings. The molecule has 5 heterocycles. The molecular formula is C16H14BrN9O. The molecule has 5 rings (SSSR count). The van der Waals surface area contributed by atoms with E-state index >= 15 is 0 Å². The molecule has 1 unspecified atom stereocenters. The van der Waals surface area contributed by atoms with E-state index < -0.39 is 0 Å². The molecule has 11 heteroatoms. The Bertz CT molecular complexity index is 1150. The lowest BCUT2D eigenvalue weighted by Gasteiger charge is -2.35. The third-order valence-electron chi connectivity index (χ3n) is 4.82. The van der Waals surface area contributed by atoms with Crippen LogP contribution in [0.15, 0.2) is 35.1 Å². The summed E-state index contributed by atoms with van der Waals surface area (Å²) in [7, 11) is 0. The van der Waals surface area contributed by atoms with Gasteiger partial charge in [-0.1, -0.05) is 0 Å². The first-order valence-electron chi connectivity index (χ1n) is 8.37. The fraction of sp³-hybridized carbons (Fsp3) is 0.250. The average Bonchev–Trinajstić information content (AvgIpc) is 3.39. The van der Waals surface area contributed by atoms with Crippen LogP contribution in [0, 0.1) is 0 Å². The number of tetrazole rings is 1. The highest BCUT2D eigenvalue weighted by atomic mass is 79.9. The van der Waals surface area contributed by atoms with Gasteiger partial charge in [0, 0.05) is 37.2 Å². The van der Waals surface area contributed by atoms with Crippen molar-refractivity contribution in [1.29, 1.82) is 0 Å². The van der Waals surface area contributed by atoms with Crippen LogP contribution < -0.4 is 0 Å². The van der Waals surface area contributed by atoms with Crippen molar-refractivity contribution in [3.8, 4) is 11.5 Å². The van der Waals surface area contributed by atoms with Crippen LogP contribution in [0.3, 0.4) is 0 Å². The average molecular weight is 428 g/mol. The largest absolute Gasteiger partial charge is 0.338 e. The monoisotopic (exact) mass is 427 g/mol. The van der Waals surface area contributed by atoms with Crippen LogP contribution in [0.2, 0.25) is 0 Å². The lowest BCUT2D eigenvalue weighted by molar-refractivity contribution is 0.0638. The summed E-state index contributed by atoms with van der Waals surface area (Å²) in [6.07, 6.45) is 3.46. The molecule has 4 aromatic heterocycles. The first-order valence-corrected chi connectivity index (χ1v) is 9.16. The van der Waals surface area contributed by atoms with Gasteiger partial charge in [0.1, 0.15) is 0 Å². The van der Waals surface area contributed by atoms with Gasteiger partial charge in [-0.25, -0.2) is 14.6 Å².